The van der Waals surface area contributed by atoms with Gasteiger partial charge >= 0.3 is 6.09 Å². The van der Waals surface area contributed by atoms with Gasteiger partial charge in [-0.15, -0.1) is 0 Å². The lowest BCUT2D eigenvalue weighted by Crippen LogP contribution is -2.24. The molecule has 0 bridgehead atoms. The highest BCUT2D eigenvalue weighted by molar-refractivity contribution is 5.91. The Kier molecular flexibility index (Phi) is 7.25. The Morgan fingerprint density at radius 3 is 2.52 bits per heavy atom. The summed E-state index contributed by atoms with van der Waals surface area (Å²) in [5.41, 5.74) is 2.64. The largest absolute Gasteiger partial charge is 0.445 e. The van der Waals surface area contributed by atoms with Crippen LogP contribution in [0.4, 0.5) is 10.5 Å². The molecule has 0 aromatic heterocycles. The number of benzene rings is 2. The summed E-state index contributed by atoms with van der Waals surface area (Å²) in [6.45, 7) is 2.21. The molecule has 2 aromatic rings. The van der Waals surface area contributed by atoms with Crippen LogP contribution in [0.2, 0.25) is 0 Å². The topological polar surface area (TPSA) is 67.4 Å². The van der Waals surface area contributed by atoms with Crippen LogP contribution in [0.3, 0.4) is 0 Å². The van der Waals surface area contributed by atoms with Gasteiger partial charge in [0.1, 0.15) is 6.61 Å². The van der Waals surface area contributed by atoms with Crippen LogP contribution in [0, 0.1) is 0 Å². The van der Waals surface area contributed by atoms with E-state index in [1.54, 1.807) is 0 Å². The van der Waals surface area contributed by atoms with Crippen LogP contribution in [-0.4, -0.2) is 18.5 Å². The number of nitrogens with one attached hydrogen (secondary N) is 2. The Balaban J connectivity index is 1.71. The molecule has 2 N–H and O–H groups in total. The van der Waals surface area contributed by atoms with Crippen molar-refractivity contribution in [1.29, 1.82) is 0 Å². The van der Waals surface area contributed by atoms with Crippen molar-refractivity contribution in [3.05, 3.63) is 71.8 Å². The average molecular weight is 338 g/mol. The summed E-state index contributed by atoms with van der Waals surface area (Å²) in [6, 6.07) is 17.1. The summed E-state index contributed by atoms with van der Waals surface area (Å²) < 4.78 is 5.13. The zero-order chi connectivity index (χ0) is 17.9. The van der Waals surface area contributed by atoms with E-state index in [2.05, 4.69) is 10.6 Å². The van der Waals surface area contributed by atoms with Gasteiger partial charge in [-0.25, -0.2) is 4.79 Å². The maximum atomic E-state index is 11.6. The molecule has 0 radical (unpaired) electrons. The fraction of sp³-hybridized carbons (Fsp3) is 0.200. The Bertz CT molecular complexity index is 727. The van der Waals surface area contributed by atoms with Crippen molar-refractivity contribution in [3.63, 3.8) is 0 Å². The molecule has 0 spiro atoms. The van der Waals surface area contributed by atoms with Gasteiger partial charge in [-0.05, 0) is 23.6 Å². The average Bonchev–Trinajstić information content (AvgIpc) is 2.61. The number of anilines is 1. The molecule has 2 amide bonds. The molecule has 130 valence electrons. The lowest BCUT2D eigenvalue weighted by molar-refractivity contribution is -0.114. The van der Waals surface area contributed by atoms with E-state index in [9.17, 15) is 9.59 Å². The number of ether oxygens (including phenoxy) is 1. The minimum atomic E-state index is -0.434. The first-order valence-corrected chi connectivity index (χ1v) is 8.13. The van der Waals surface area contributed by atoms with Crippen LogP contribution in [0.5, 0.6) is 0 Å². The van der Waals surface area contributed by atoms with Crippen molar-refractivity contribution in [2.75, 3.05) is 11.9 Å². The fourth-order valence-corrected chi connectivity index (χ4v) is 2.19. The molecule has 2 aromatic carbocycles. The van der Waals surface area contributed by atoms with Gasteiger partial charge in [0.25, 0.3) is 0 Å². The second-order valence-corrected chi connectivity index (χ2v) is 5.45. The lowest BCUT2D eigenvalue weighted by Gasteiger charge is -2.07. The van der Waals surface area contributed by atoms with Gasteiger partial charge in [0, 0.05) is 19.2 Å². The number of hydrogen-bond donors (Lipinski definition) is 2. The Morgan fingerprint density at radius 1 is 1.04 bits per heavy atom. The molecule has 0 aliphatic rings. The van der Waals surface area contributed by atoms with Crippen LogP contribution in [-0.2, 0) is 16.1 Å². The molecule has 0 unspecified atom stereocenters. The highest BCUT2D eigenvalue weighted by Crippen LogP contribution is 2.16. The minimum absolute atomic E-state index is 0.108. The molecule has 25 heavy (non-hydrogen) atoms. The summed E-state index contributed by atoms with van der Waals surface area (Å²) >= 11 is 0. The minimum Gasteiger partial charge on any atom is -0.445 e. The third-order valence-corrected chi connectivity index (χ3v) is 3.36. The molecule has 0 aliphatic carbocycles. The van der Waals surface area contributed by atoms with Crippen molar-refractivity contribution in [2.24, 2.45) is 0 Å². The lowest BCUT2D eigenvalue weighted by atomic mass is 10.1. The van der Waals surface area contributed by atoms with Crippen LogP contribution in [0.15, 0.2) is 60.7 Å². The number of carbonyl (C=O) groups is 2. The first kappa shape index (κ1) is 18.3. The quantitative estimate of drug-likeness (QED) is 0.751. The Labute approximate surface area is 147 Å². The van der Waals surface area contributed by atoms with Crippen LogP contribution in [0.25, 0.3) is 6.08 Å². The normalized spacial score (nSPS) is 10.4. The van der Waals surface area contributed by atoms with Gasteiger partial charge < -0.3 is 15.4 Å². The van der Waals surface area contributed by atoms with E-state index >= 15 is 0 Å². The SMILES string of the molecule is CC(=O)Nc1ccccc1C=CCCNC(=O)OCc1ccccc1. The molecule has 0 heterocycles. The summed E-state index contributed by atoms with van der Waals surface area (Å²) in [5.74, 6) is -0.108. The predicted octanol–water partition coefficient (Wildman–Crippen LogP) is 3.97. The third kappa shape index (κ3) is 6.91. The summed E-state index contributed by atoms with van der Waals surface area (Å²) in [4.78, 5) is 22.8. The van der Waals surface area contributed by atoms with E-state index in [-0.39, 0.29) is 12.5 Å². The molecular weight excluding hydrogens is 316 g/mol. The molecular formula is C20H22N2O3. The van der Waals surface area contributed by atoms with Crippen LogP contribution >= 0.6 is 0 Å². The predicted molar refractivity (Wildman–Crippen MR) is 99.0 cm³/mol. The second-order valence-electron chi connectivity index (χ2n) is 5.45. The summed E-state index contributed by atoms with van der Waals surface area (Å²) in [5, 5.41) is 5.49. The molecule has 2 rings (SSSR count). The Hall–Kier alpha value is -3.08. The first-order valence-electron chi connectivity index (χ1n) is 8.13. The summed E-state index contributed by atoms with van der Waals surface area (Å²) in [6.07, 6.45) is 4.09. The van der Waals surface area contributed by atoms with E-state index in [1.165, 1.54) is 6.92 Å². The highest BCUT2D eigenvalue weighted by atomic mass is 16.5. The number of alkyl carbamates (subject to hydrolysis) is 1. The van der Waals surface area contributed by atoms with Crippen molar-refractivity contribution < 1.29 is 14.3 Å². The van der Waals surface area contributed by atoms with E-state index < -0.39 is 6.09 Å². The Morgan fingerprint density at radius 2 is 1.76 bits per heavy atom. The molecule has 0 atom stereocenters. The van der Waals surface area contributed by atoms with E-state index in [4.69, 9.17) is 4.74 Å². The van der Waals surface area contributed by atoms with Crippen molar-refractivity contribution in [1.82, 2.24) is 5.32 Å². The van der Waals surface area contributed by atoms with Gasteiger partial charge in [0.05, 0.1) is 0 Å². The molecule has 0 fully saturated rings. The number of rotatable bonds is 7. The smallest absolute Gasteiger partial charge is 0.407 e. The van der Waals surface area contributed by atoms with Crippen molar-refractivity contribution >= 4 is 23.8 Å². The molecule has 5 nitrogen and oxygen atoms in total. The van der Waals surface area contributed by atoms with E-state index in [1.807, 2.05) is 66.7 Å². The zero-order valence-electron chi connectivity index (χ0n) is 14.2. The zero-order valence-corrected chi connectivity index (χ0v) is 14.2. The molecule has 0 aliphatic heterocycles. The standard InChI is InChI=1S/C20H22N2O3/c1-16(23)22-19-13-6-5-11-18(19)12-7-8-14-21-20(24)25-15-17-9-3-2-4-10-17/h2-7,9-13H,8,14-15H2,1H3,(H,21,24)(H,22,23). The van der Waals surface area contributed by atoms with E-state index in [0.29, 0.717) is 13.0 Å². The molecule has 0 saturated carbocycles. The van der Waals surface area contributed by atoms with Gasteiger partial charge in [-0.1, -0.05) is 60.7 Å². The van der Waals surface area contributed by atoms with Crippen LogP contribution < -0.4 is 10.6 Å². The summed E-state index contributed by atoms with van der Waals surface area (Å²) in [7, 11) is 0. The van der Waals surface area contributed by atoms with E-state index in [0.717, 1.165) is 16.8 Å². The number of amides is 2. The maximum absolute atomic E-state index is 11.6. The third-order valence-electron chi connectivity index (χ3n) is 3.36. The first-order chi connectivity index (χ1) is 12.1. The number of para-hydroxylation sites is 1. The van der Waals surface area contributed by atoms with Gasteiger partial charge in [-0.3, -0.25) is 4.79 Å². The molecule has 5 heteroatoms. The molecule has 0 saturated heterocycles. The fourth-order valence-electron chi connectivity index (χ4n) is 2.19. The monoisotopic (exact) mass is 338 g/mol. The number of hydrogen-bond acceptors (Lipinski definition) is 3. The van der Waals surface area contributed by atoms with Crippen molar-refractivity contribution in [2.45, 2.75) is 20.0 Å². The highest BCUT2D eigenvalue weighted by Gasteiger charge is 2.02. The van der Waals surface area contributed by atoms with Gasteiger partial charge in [0.15, 0.2) is 0 Å². The second kappa shape index (κ2) is 9.93. The van der Waals surface area contributed by atoms with Gasteiger partial charge in [-0.2, -0.15) is 0 Å². The van der Waals surface area contributed by atoms with Crippen LogP contribution in [0.1, 0.15) is 24.5 Å². The van der Waals surface area contributed by atoms with Crippen molar-refractivity contribution in [3.8, 4) is 0 Å². The van der Waals surface area contributed by atoms with Gasteiger partial charge in [0.2, 0.25) is 5.91 Å². The maximum Gasteiger partial charge on any atom is 0.407 e. The number of carbonyl (C=O) groups excluding carboxylic acids is 2.